The van der Waals surface area contributed by atoms with Gasteiger partial charge in [0.1, 0.15) is 5.75 Å². The Morgan fingerprint density at radius 3 is 2.95 bits per heavy atom. The van der Waals surface area contributed by atoms with Crippen molar-refractivity contribution in [1.29, 1.82) is 0 Å². The van der Waals surface area contributed by atoms with E-state index in [1.54, 1.807) is 7.11 Å². The number of methoxy groups -OCH3 is 1. The van der Waals surface area contributed by atoms with E-state index in [2.05, 4.69) is 14.7 Å². The third-order valence-corrected chi connectivity index (χ3v) is 4.17. The van der Waals surface area contributed by atoms with Crippen LogP contribution in [0.2, 0.25) is 0 Å². The van der Waals surface area contributed by atoms with Gasteiger partial charge < -0.3 is 10.5 Å². The predicted molar refractivity (Wildman–Crippen MR) is 88.0 cm³/mol. The molecule has 7 heteroatoms. The zero-order valence-electron chi connectivity index (χ0n) is 12.9. The molecule has 2 unspecified atom stereocenters. The van der Waals surface area contributed by atoms with Crippen molar-refractivity contribution in [3.05, 3.63) is 24.3 Å². The van der Waals surface area contributed by atoms with Crippen LogP contribution in [0.3, 0.4) is 0 Å². The van der Waals surface area contributed by atoms with Crippen molar-refractivity contribution in [2.24, 2.45) is 11.7 Å². The Labute approximate surface area is 133 Å². The summed E-state index contributed by atoms with van der Waals surface area (Å²) in [6.07, 6.45) is 0.847. The number of rotatable bonds is 6. The molecule has 1 aromatic heterocycles. The quantitative estimate of drug-likeness (QED) is 0.853. The monoisotopic (exact) mass is 320 g/mol. The van der Waals surface area contributed by atoms with Crippen LogP contribution in [-0.2, 0) is 4.79 Å². The lowest BCUT2D eigenvalue weighted by atomic mass is 10.00. The van der Waals surface area contributed by atoms with E-state index in [1.165, 1.54) is 0 Å². The Kier molecular flexibility index (Phi) is 5.46. The van der Waals surface area contributed by atoms with E-state index < -0.39 is 6.04 Å². The number of hydrogen-bond donors (Lipinski definition) is 2. The van der Waals surface area contributed by atoms with E-state index in [9.17, 15) is 4.79 Å². The number of carbonyl (C=O) groups excluding carboxylic acids is 1. The maximum atomic E-state index is 12.0. The molecule has 0 saturated heterocycles. The zero-order valence-corrected chi connectivity index (χ0v) is 13.7. The lowest BCUT2D eigenvalue weighted by Gasteiger charge is -2.16. The van der Waals surface area contributed by atoms with Crippen LogP contribution >= 0.6 is 11.5 Å². The largest absolute Gasteiger partial charge is 0.497 e. The number of aromatic nitrogens is 2. The Morgan fingerprint density at radius 2 is 2.27 bits per heavy atom. The smallest absolute Gasteiger partial charge is 0.243 e. The number of amides is 1. The van der Waals surface area contributed by atoms with Crippen molar-refractivity contribution in [3.63, 3.8) is 0 Å². The summed E-state index contributed by atoms with van der Waals surface area (Å²) in [4.78, 5) is 16.4. The van der Waals surface area contributed by atoms with E-state index in [0.717, 1.165) is 29.3 Å². The summed E-state index contributed by atoms with van der Waals surface area (Å²) in [7, 11) is 1.61. The van der Waals surface area contributed by atoms with Gasteiger partial charge in [-0.15, -0.1) is 0 Å². The first kappa shape index (κ1) is 16.4. The topological polar surface area (TPSA) is 90.1 Å². The molecule has 3 N–H and O–H groups in total. The highest BCUT2D eigenvalue weighted by Gasteiger charge is 2.20. The molecule has 2 rings (SSSR count). The second-order valence-corrected chi connectivity index (χ2v) is 5.81. The van der Waals surface area contributed by atoms with Crippen LogP contribution in [0.4, 0.5) is 5.13 Å². The minimum atomic E-state index is -0.547. The number of nitrogens with zero attached hydrogens (tertiary/aromatic N) is 2. The van der Waals surface area contributed by atoms with Crippen LogP contribution < -0.4 is 15.8 Å². The van der Waals surface area contributed by atoms with E-state index in [0.29, 0.717) is 11.0 Å². The first-order valence-corrected chi connectivity index (χ1v) is 7.87. The Morgan fingerprint density at radius 1 is 1.50 bits per heavy atom. The van der Waals surface area contributed by atoms with Gasteiger partial charge in [-0.2, -0.15) is 9.36 Å². The van der Waals surface area contributed by atoms with Crippen LogP contribution in [-0.4, -0.2) is 28.4 Å². The molecule has 1 heterocycles. The van der Waals surface area contributed by atoms with E-state index in [1.807, 2.05) is 38.1 Å². The second-order valence-electron chi connectivity index (χ2n) is 5.06. The third kappa shape index (κ3) is 3.80. The van der Waals surface area contributed by atoms with Crippen molar-refractivity contribution in [3.8, 4) is 17.1 Å². The summed E-state index contributed by atoms with van der Waals surface area (Å²) in [5.74, 6) is 1.17. The molecule has 0 radical (unpaired) electrons. The summed E-state index contributed by atoms with van der Waals surface area (Å²) >= 11 is 1.13. The highest BCUT2D eigenvalue weighted by molar-refractivity contribution is 7.10. The molecule has 0 aliphatic carbocycles. The van der Waals surface area contributed by atoms with Gasteiger partial charge in [-0.3, -0.25) is 10.1 Å². The molecule has 2 atom stereocenters. The van der Waals surface area contributed by atoms with Gasteiger partial charge in [0.2, 0.25) is 11.0 Å². The highest BCUT2D eigenvalue weighted by atomic mass is 32.1. The first-order valence-electron chi connectivity index (χ1n) is 7.09. The average molecular weight is 320 g/mol. The summed E-state index contributed by atoms with van der Waals surface area (Å²) in [5, 5.41) is 3.17. The van der Waals surface area contributed by atoms with E-state index >= 15 is 0 Å². The number of benzene rings is 1. The molecule has 0 bridgehead atoms. The maximum Gasteiger partial charge on any atom is 0.243 e. The van der Waals surface area contributed by atoms with Crippen molar-refractivity contribution in [1.82, 2.24) is 9.36 Å². The number of hydrogen-bond acceptors (Lipinski definition) is 6. The molecule has 0 fully saturated rings. The van der Waals surface area contributed by atoms with E-state index in [-0.39, 0.29) is 11.8 Å². The number of ether oxygens (including phenoxy) is 1. The fraction of sp³-hybridized carbons (Fsp3) is 0.400. The van der Waals surface area contributed by atoms with Gasteiger partial charge in [-0.25, -0.2) is 0 Å². The van der Waals surface area contributed by atoms with Crippen LogP contribution in [0.25, 0.3) is 11.4 Å². The molecule has 1 amide bonds. The van der Waals surface area contributed by atoms with Crippen molar-refractivity contribution in [2.45, 2.75) is 26.3 Å². The SMILES string of the molecule is CCC(C)C(N)C(=O)Nc1nc(-c2cccc(OC)c2)ns1. The molecule has 1 aromatic carbocycles. The lowest BCUT2D eigenvalue weighted by molar-refractivity contribution is -0.118. The zero-order chi connectivity index (χ0) is 16.1. The molecular formula is C15H20N4O2S. The molecule has 118 valence electrons. The van der Waals surface area contributed by atoms with Crippen LogP contribution in [0.15, 0.2) is 24.3 Å². The molecular weight excluding hydrogens is 300 g/mol. The predicted octanol–water partition coefficient (Wildman–Crippen LogP) is 2.53. The highest BCUT2D eigenvalue weighted by Crippen LogP contribution is 2.24. The number of carbonyl (C=O) groups is 1. The van der Waals surface area contributed by atoms with Gasteiger partial charge in [-0.1, -0.05) is 32.4 Å². The van der Waals surface area contributed by atoms with E-state index in [4.69, 9.17) is 10.5 Å². The standard InChI is InChI=1S/C15H20N4O2S/c1-4-9(2)12(16)14(20)18-15-17-13(19-22-15)10-6-5-7-11(8-10)21-3/h5-9,12H,4,16H2,1-3H3,(H,17,18,19,20). The van der Waals surface area contributed by atoms with Crippen molar-refractivity contribution in [2.75, 3.05) is 12.4 Å². The molecule has 22 heavy (non-hydrogen) atoms. The summed E-state index contributed by atoms with van der Waals surface area (Å²) in [6.45, 7) is 3.95. The van der Waals surface area contributed by atoms with Gasteiger partial charge in [0.15, 0.2) is 5.82 Å². The summed E-state index contributed by atoms with van der Waals surface area (Å²) < 4.78 is 9.44. The number of anilines is 1. The third-order valence-electron chi connectivity index (χ3n) is 3.54. The van der Waals surface area contributed by atoms with Crippen LogP contribution in [0.1, 0.15) is 20.3 Å². The Bertz CT molecular complexity index is 644. The second kappa shape index (κ2) is 7.33. The normalized spacial score (nSPS) is 13.5. The first-order chi connectivity index (χ1) is 10.5. The number of nitrogens with one attached hydrogen (secondary N) is 1. The summed E-state index contributed by atoms with van der Waals surface area (Å²) in [6, 6.07) is 6.91. The van der Waals surface area contributed by atoms with Crippen molar-refractivity contribution >= 4 is 22.6 Å². The number of nitrogens with two attached hydrogens (primary N) is 1. The van der Waals surface area contributed by atoms with Crippen LogP contribution in [0.5, 0.6) is 5.75 Å². The molecule has 0 saturated carbocycles. The molecule has 6 nitrogen and oxygen atoms in total. The molecule has 0 spiro atoms. The fourth-order valence-electron chi connectivity index (χ4n) is 1.85. The Hall–Kier alpha value is -1.99. The van der Waals surface area contributed by atoms with Crippen molar-refractivity contribution < 1.29 is 9.53 Å². The van der Waals surface area contributed by atoms with Crippen LogP contribution in [0, 0.1) is 5.92 Å². The van der Waals surface area contributed by atoms with Gasteiger partial charge >= 0.3 is 0 Å². The van der Waals surface area contributed by atoms with Gasteiger partial charge in [0.25, 0.3) is 0 Å². The average Bonchev–Trinajstić information content (AvgIpc) is 3.01. The maximum absolute atomic E-state index is 12.0. The minimum absolute atomic E-state index is 0.116. The van der Waals surface area contributed by atoms with Gasteiger partial charge in [0, 0.05) is 17.1 Å². The molecule has 0 aliphatic rings. The minimum Gasteiger partial charge on any atom is -0.497 e. The van der Waals surface area contributed by atoms with Gasteiger partial charge in [0.05, 0.1) is 13.2 Å². The molecule has 0 aliphatic heterocycles. The van der Waals surface area contributed by atoms with Gasteiger partial charge in [-0.05, 0) is 18.1 Å². The molecule has 2 aromatic rings. The Balaban J connectivity index is 2.09. The fourth-order valence-corrected chi connectivity index (χ4v) is 2.45. The lowest BCUT2D eigenvalue weighted by Crippen LogP contribution is -2.40. The summed E-state index contributed by atoms with van der Waals surface area (Å²) in [5.41, 5.74) is 6.74.